The molecule has 1 amide bonds. The molecule has 122 valence electrons. The van der Waals surface area contributed by atoms with Crippen LogP contribution in [0.5, 0.6) is 0 Å². The molecule has 1 N–H and O–H groups in total. The predicted octanol–water partition coefficient (Wildman–Crippen LogP) is 2.88. The number of carboxylic acids is 1. The van der Waals surface area contributed by atoms with Crippen LogP contribution in [-0.2, 0) is 6.42 Å². The summed E-state index contributed by atoms with van der Waals surface area (Å²) in [7, 11) is 0. The van der Waals surface area contributed by atoms with Crippen molar-refractivity contribution in [2.75, 3.05) is 4.90 Å². The number of nitro groups is 1. The van der Waals surface area contributed by atoms with Crippen LogP contribution in [0.3, 0.4) is 0 Å². The highest BCUT2D eigenvalue weighted by Crippen LogP contribution is 2.34. The fourth-order valence-electron chi connectivity index (χ4n) is 3.01. The molecule has 0 radical (unpaired) electrons. The summed E-state index contributed by atoms with van der Waals surface area (Å²) in [4.78, 5) is 36.1. The minimum atomic E-state index is -1.37. The van der Waals surface area contributed by atoms with Gasteiger partial charge < -0.3 is 10.0 Å². The van der Waals surface area contributed by atoms with Gasteiger partial charge in [-0.3, -0.25) is 14.9 Å². The molecule has 1 heterocycles. The number of benzene rings is 2. The molecule has 1 atom stereocenters. The number of hydrogen-bond donors (Lipinski definition) is 1. The van der Waals surface area contributed by atoms with Gasteiger partial charge >= 0.3 is 5.97 Å². The van der Waals surface area contributed by atoms with E-state index in [1.807, 2.05) is 31.2 Å². The Bertz CT molecular complexity index is 862. The van der Waals surface area contributed by atoms with E-state index in [-0.39, 0.29) is 22.9 Å². The second kappa shape index (κ2) is 5.77. The Morgan fingerprint density at radius 2 is 1.92 bits per heavy atom. The van der Waals surface area contributed by atoms with Gasteiger partial charge in [-0.15, -0.1) is 0 Å². The van der Waals surface area contributed by atoms with Crippen molar-refractivity contribution in [3.05, 3.63) is 69.3 Å². The number of non-ortho nitro benzene ring substituents is 1. The number of anilines is 1. The van der Waals surface area contributed by atoms with Gasteiger partial charge in [-0.25, -0.2) is 4.79 Å². The van der Waals surface area contributed by atoms with Gasteiger partial charge in [-0.05, 0) is 31.0 Å². The Kier molecular flexibility index (Phi) is 3.76. The lowest BCUT2D eigenvalue weighted by Gasteiger charge is -2.23. The van der Waals surface area contributed by atoms with E-state index in [0.29, 0.717) is 6.42 Å². The first-order valence-electron chi connectivity index (χ1n) is 7.33. The van der Waals surface area contributed by atoms with Crippen molar-refractivity contribution in [2.45, 2.75) is 19.4 Å². The zero-order valence-corrected chi connectivity index (χ0v) is 12.8. The first-order valence-corrected chi connectivity index (χ1v) is 7.33. The maximum absolute atomic E-state index is 12.9. The highest BCUT2D eigenvalue weighted by molar-refractivity contribution is 6.13. The average Bonchev–Trinajstić information content (AvgIpc) is 2.89. The third kappa shape index (κ3) is 2.50. The van der Waals surface area contributed by atoms with E-state index in [1.54, 1.807) is 4.90 Å². The molecule has 1 aliphatic rings. The number of fused-ring (bicyclic) bond motifs is 1. The molecule has 1 unspecified atom stereocenters. The number of hydrogen-bond acceptors (Lipinski definition) is 4. The summed E-state index contributed by atoms with van der Waals surface area (Å²) in [6, 6.07) is 10.6. The molecule has 0 saturated heterocycles. The summed E-state index contributed by atoms with van der Waals surface area (Å²) >= 11 is 0. The van der Waals surface area contributed by atoms with Crippen LogP contribution in [0.2, 0.25) is 0 Å². The third-order valence-corrected chi connectivity index (χ3v) is 4.10. The lowest BCUT2D eigenvalue weighted by Crippen LogP contribution is -2.36. The summed E-state index contributed by atoms with van der Waals surface area (Å²) in [6.45, 7) is 1.88. The van der Waals surface area contributed by atoms with Crippen molar-refractivity contribution < 1.29 is 19.6 Å². The highest BCUT2D eigenvalue weighted by atomic mass is 16.6. The summed E-state index contributed by atoms with van der Waals surface area (Å²) in [5, 5.41) is 20.2. The summed E-state index contributed by atoms with van der Waals surface area (Å²) in [5.74, 6) is -1.85. The van der Waals surface area contributed by atoms with Crippen LogP contribution in [0, 0.1) is 10.1 Å². The molecule has 0 aliphatic carbocycles. The quantitative estimate of drug-likeness (QED) is 0.690. The molecule has 1 aliphatic heterocycles. The van der Waals surface area contributed by atoms with Crippen LogP contribution in [-0.4, -0.2) is 27.9 Å². The van der Waals surface area contributed by atoms with Crippen molar-refractivity contribution >= 4 is 23.3 Å². The zero-order valence-electron chi connectivity index (χ0n) is 12.8. The molecule has 7 heteroatoms. The van der Waals surface area contributed by atoms with Gasteiger partial charge in [0.25, 0.3) is 11.6 Å². The molecule has 0 aromatic heterocycles. The minimum Gasteiger partial charge on any atom is -0.478 e. The molecule has 0 saturated carbocycles. The van der Waals surface area contributed by atoms with Crippen molar-refractivity contribution in [3.8, 4) is 0 Å². The lowest BCUT2D eigenvalue weighted by molar-refractivity contribution is -0.384. The van der Waals surface area contributed by atoms with Crippen molar-refractivity contribution in [3.63, 3.8) is 0 Å². The van der Waals surface area contributed by atoms with E-state index in [1.165, 1.54) is 6.07 Å². The second-order valence-corrected chi connectivity index (χ2v) is 5.65. The van der Waals surface area contributed by atoms with Crippen LogP contribution < -0.4 is 4.90 Å². The number of nitro benzene ring substituents is 1. The van der Waals surface area contributed by atoms with E-state index in [9.17, 15) is 24.8 Å². The smallest absolute Gasteiger partial charge is 0.336 e. The monoisotopic (exact) mass is 326 g/mol. The SMILES string of the molecule is CC1Cc2ccccc2N1C(=O)c1ccc([N+](=O)[O-])cc1C(=O)O. The summed E-state index contributed by atoms with van der Waals surface area (Å²) < 4.78 is 0. The van der Waals surface area contributed by atoms with Crippen molar-refractivity contribution in [2.24, 2.45) is 0 Å². The Balaban J connectivity index is 2.08. The van der Waals surface area contributed by atoms with Crippen molar-refractivity contribution in [1.29, 1.82) is 0 Å². The number of carbonyl (C=O) groups is 2. The largest absolute Gasteiger partial charge is 0.478 e. The number of nitrogens with zero attached hydrogens (tertiary/aromatic N) is 2. The van der Waals surface area contributed by atoms with E-state index in [0.717, 1.165) is 23.4 Å². The van der Waals surface area contributed by atoms with E-state index >= 15 is 0 Å². The van der Waals surface area contributed by atoms with E-state index < -0.39 is 16.8 Å². The van der Waals surface area contributed by atoms with Crippen LogP contribution in [0.15, 0.2) is 42.5 Å². The molecule has 3 rings (SSSR count). The predicted molar refractivity (Wildman–Crippen MR) is 86.5 cm³/mol. The topological polar surface area (TPSA) is 101 Å². The van der Waals surface area contributed by atoms with Gasteiger partial charge in [0, 0.05) is 23.9 Å². The Morgan fingerprint density at radius 1 is 1.21 bits per heavy atom. The first kappa shape index (κ1) is 15.7. The number of aromatic carboxylic acids is 1. The highest BCUT2D eigenvalue weighted by Gasteiger charge is 2.33. The van der Waals surface area contributed by atoms with Crippen molar-refractivity contribution in [1.82, 2.24) is 0 Å². The molecule has 24 heavy (non-hydrogen) atoms. The summed E-state index contributed by atoms with van der Waals surface area (Å²) in [6.07, 6.45) is 0.678. The standard InChI is InChI=1S/C17H14N2O5/c1-10-8-11-4-2-3-5-15(11)18(10)16(20)13-7-6-12(19(23)24)9-14(13)17(21)22/h2-7,9-10H,8H2,1H3,(H,21,22). The molecule has 0 bridgehead atoms. The molecule has 0 fully saturated rings. The van der Waals surface area contributed by atoms with Gasteiger partial charge in [0.15, 0.2) is 0 Å². The fourth-order valence-corrected chi connectivity index (χ4v) is 3.01. The fraction of sp³-hybridized carbons (Fsp3) is 0.176. The van der Waals surface area contributed by atoms with Gasteiger partial charge in [0.1, 0.15) is 0 Å². The van der Waals surface area contributed by atoms with Gasteiger partial charge in [0.2, 0.25) is 0 Å². The molecular formula is C17H14N2O5. The average molecular weight is 326 g/mol. The molecule has 2 aromatic rings. The number of rotatable bonds is 3. The molecule has 0 spiro atoms. The Labute approximate surface area is 137 Å². The normalized spacial score (nSPS) is 15.9. The van der Waals surface area contributed by atoms with Gasteiger partial charge in [-0.1, -0.05) is 18.2 Å². The minimum absolute atomic E-state index is 0.0587. The number of carboxylic acid groups (broad SMARTS) is 1. The van der Waals surface area contributed by atoms with Crippen LogP contribution >= 0.6 is 0 Å². The lowest BCUT2D eigenvalue weighted by atomic mass is 10.0. The Morgan fingerprint density at radius 3 is 2.58 bits per heavy atom. The van der Waals surface area contributed by atoms with E-state index in [2.05, 4.69) is 0 Å². The third-order valence-electron chi connectivity index (χ3n) is 4.10. The summed E-state index contributed by atoms with van der Waals surface area (Å²) in [5.41, 5.74) is 0.961. The molecular weight excluding hydrogens is 312 g/mol. The number of carbonyl (C=O) groups excluding carboxylic acids is 1. The maximum atomic E-state index is 12.9. The van der Waals surface area contributed by atoms with Gasteiger partial charge in [-0.2, -0.15) is 0 Å². The number of amides is 1. The second-order valence-electron chi connectivity index (χ2n) is 5.65. The molecule has 7 nitrogen and oxygen atoms in total. The van der Waals surface area contributed by atoms with Crippen LogP contribution in [0.4, 0.5) is 11.4 Å². The number of para-hydroxylation sites is 1. The van der Waals surface area contributed by atoms with Crippen LogP contribution in [0.25, 0.3) is 0 Å². The first-order chi connectivity index (χ1) is 11.4. The van der Waals surface area contributed by atoms with Crippen LogP contribution in [0.1, 0.15) is 33.2 Å². The van der Waals surface area contributed by atoms with E-state index in [4.69, 9.17) is 0 Å². The Hall–Kier alpha value is -3.22. The maximum Gasteiger partial charge on any atom is 0.336 e. The zero-order chi connectivity index (χ0) is 17.4. The van der Waals surface area contributed by atoms with Gasteiger partial charge in [0.05, 0.1) is 16.1 Å². The molecule has 2 aromatic carbocycles.